The molecule has 0 saturated carbocycles. The minimum Gasteiger partial charge on any atom is -0.464 e. The average Bonchev–Trinajstić information content (AvgIpc) is 2.94. The third kappa shape index (κ3) is 3.16. The van der Waals surface area contributed by atoms with Gasteiger partial charge in [0, 0.05) is 35.6 Å². The van der Waals surface area contributed by atoms with E-state index in [-0.39, 0.29) is 17.9 Å². The van der Waals surface area contributed by atoms with E-state index in [1.807, 2.05) is 0 Å². The number of hydrogen-bond donors (Lipinski definition) is 2. The number of aromatic amines is 1. The predicted molar refractivity (Wildman–Crippen MR) is 111 cm³/mol. The standard InChI is InChI=1S/C23H29N3O2/c1-26-13-15(14-28-23(27)20-7-3-2-4-9-24-20)10-18-17-6-5-8-19-22(17)16(12-25-19)11-21(18)26/h5-6,8,10,12,15,20-21,24-25H,2-4,7,9,11,13-14H2,1H3/t15-,20-,21-/m1/s1. The summed E-state index contributed by atoms with van der Waals surface area (Å²) in [5.74, 6) is 0.158. The van der Waals surface area contributed by atoms with Crippen LogP contribution in [0.5, 0.6) is 0 Å². The summed E-state index contributed by atoms with van der Waals surface area (Å²) in [6.07, 6.45) is 9.91. The van der Waals surface area contributed by atoms with Crippen molar-refractivity contribution in [2.24, 2.45) is 5.92 Å². The number of fused-ring (bicyclic) bond motifs is 2. The first kappa shape index (κ1) is 18.0. The number of rotatable bonds is 3. The van der Waals surface area contributed by atoms with Crippen LogP contribution in [0.15, 0.2) is 30.5 Å². The molecule has 0 amide bonds. The largest absolute Gasteiger partial charge is 0.464 e. The van der Waals surface area contributed by atoms with Crippen LogP contribution in [0.3, 0.4) is 0 Å². The Morgan fingerprint density at radius 2 is 2.21 bits per heavy atom. The highest BCUT2D eigenvalue weighted by atomic mass is 16.5. The highest BCUT2D eigenvalue weighted by Gasteiger charge is 2.34. The molecule has 3 aliphatic rings. The molecule has 0 spiro atoms. The smallest absolute Gasteiger partial charge is 0.323 e. The van der Waals surface area contributed by atoms with Crippen LogP contribution in [0.1, 0.15) is 36.8 Å². The van der Waals surface area contributed by atoms with Crippen molar-refractivity contribution in [1.82, 2.24) is 15.2 Å². The van der Waals surface area contributed by atoms with Crippen molar-refractivity contribution in [3.05, 3.63) is 41.6 Å². The van der Waals surface area contributed by atoms with Gasteiger partial charge in [-0.2, -0.15) is 0 Å². The van der Waals surface area contributed by atoms with E-state index in [4.69, 9.17) is 4.74 Å². The van der Waals surface area contributed by atoms with Crippen LogP contribution in [0.4, 0.5) is 0 Å². The van der Waals surface area contributed by atoms with Crippen LogP contribution in [0.2, 0.25) is 0 Å². The fourth-order valence-electron chi connectivity index (χ4n) is 5.17. The molecular weight excluding hydrogens is 350 g/mol. The summed E-state index contributed by atoms with van der Waals surface area (Å²) < 4.78 is 5.75. The Kier molecular flexibility index (Phi) is 4.73. The number of carbonyl (C=O) groups is 1. The number of hydrogen-bond acceptors (Lipinski definition) is 4. The first-order valence-corrected chi connectivity index (χ1v) is 10.6. The minimum atomic E-state index is -0.130. The molecule has 1 aromatic carbocycles. The second kappa shape index (κ2) is 7.37. The molecule has 2 aromatic rings. The molecule has 5 heteroatoms. The van der Waals surface area contributed by atoms with Gasteiger partial charge in [0.25, 0.3) is 0 Å². The van der Waals surface area contributed by atoms with Crippen molar-refractivity contribution < 1.29 is 9.53 Å². The molecule has 28 heavy (non-hydrogen) atoms. The van der Waals surface area contributed by atoms with Gasteiger partial charge in [-0.15, -0.1) is 0 Å². The molecule has 3 heterocycles. The lowest BCUT2D eigenvalue weighted by Gasteiger charge is -2.39. The van der Waals surface area contributed by atoms with E-state index in [9.17, 15) is 4.79 Å². The third-order valence-corrected chi connectivity index (χ3v) is 6.63. The van der Waals surface area contributed by atoms with Crippen molar-refractivity contribution in [1.29, 1.82) is 0 Å². The van der Waals surface area contributed by atoms with E-state index in [1.165, 1.54) is 34.0 Å². The van der Waals surface area contributed by atoms with Crippen LogP contribution in [-0.2, 0) is 16.0 Å². The molecule has 2 aliphatic heterocycles. The summed E-state index contributed by atoms with van der Waals surface area (Å²) in [5, 5.41) is 4.70. The normalized spacial score (nSPS) is 27.8. The summed E-state index contributed by atoms with van der Waals surface area (Å²) >= 11 is 0. The van der Waals surface area contributed by atoms with Gasteiger partial charge >= 0.3 is 5.97 Å². The van der Waals surface area contributed by atoms with Gasteiger partial charge in [0.2, 0.25) is 0 Å². The van der Waals surface area contributed by atoms with E-state index in [2.05, 4.69) is 52.7 Å². The first-order chi connectivity index (χ1) is 13.7. The van der Waals surface area contributed by atoms with Gasteiger partial charge < -0.3 is 15.0 Å². The van der Waals surface area contributed by atoms with Gasteiger partial charge in [-0.25, -0.2) is 0 Å². The average molecular weight is 380 g/mol. The van der Waals surface area contributed by atoms with E-state index in [0.29, 0.717) is 12.6 Å². The highest BCUT2D eigenvalue weighted by Crippen LogP contribution is 2.40. The fourth-order valence-corrected chi connectivity index (χ4v) is 5.17. The number of nitrogens with zero attached hydrogens (tertiary/aromatic N) is 1. The quantitative estimate of drug-likeness (QED) is 0.805. The van der Waals surface area contributed by atoms with Gasteiger partial charge in [0.15, 0.2) is 0 Å². The van der Waals surface area contributed by atoms with E-state index < -0.39 is 0 Å². The number of nitrogens with one attached hydrogen (secondary N) is 2. The van der Waals surface area contributed by atoms with Crippen LogP contribution in [0, 0.1) is 5.92 Å². The van der Waals surface area contributed by atoms with Crippen LogP contribution < -0.4 is 5.32 Å². The molecule has 0 radical (unpaired) electrons. The summed E-state index contributed by atoms with van der Waals surface area (Å²) in [5.41, 5.74) is 5.34. The summed E-state index contributed by atoms with van der Waals surface area (Å²) in [4.78, 5) is 18.4. The molecule has 5 rings (SSSR count). The summed E-state index contributed by atoms with van der Waals surface area (Å²) in [6.45, 7) is 2.31. The molecule has 0 bridgehead atoms. The molecule has 1 fully saturated rings. The second-order valence-electron chi connectivity index (χ2n) is 8.57. The maximum atomic E-state index is 12.5. The van der Waals surface area contributed by atoms with E-state index >= 15 is 0 Å². The van der Waals surface area contributed by atoms with Crippen molar-refractivity contribution in [3.8, 4) is 0 Å². The molecular formula is C23H29N3O2. The Balaban J connectivity index is 1.35. The third-order valence-electron chi connectivity index (χ3n) is 6.63. The molecule has 5 nitrogen and oxygen atoms in total. The Hall–Kier alpha value is -2.11. The van der Waals surface area contributed by atoms with Crippen molar-refractivity contribution in [2.45, 2.75) is 44.2 Å². The molecule has 0 unspecified atom stereocenters. The number of H-pyrrole nitrogens is 1. The topological polar surface area (TPSA) is 57.4 Å². The Labute approximate surface area is 166 Å². The number of benzene rings is 1. The van der Waals surface area contributed by atoms with Crippen molar-refractivity contribution >= 4 is 22.4 Å². The summed E-state index contributed by atoms with van der Waals surface area (Å²) in [7, 11) is 2.19. The zero-order valence-electron chi connectivity index (χ0n) is 16.5. The van der Waals surface area contributed by atoms with Gasteiger partial charge in [0.05, 0.1) is 6.61 Å². The molecule has 148 valence electrons. The molecule has 1 aromatic heterocycles. The number of esters is 1. The molecule has 3 atom stereocenters. The number of likely N-dealkylation sites (N-methyl/N-ethyl adjacent to an activating group) is 1. The molecule has 2 N–H and O–H groups in total. The highest BCUT2D eigenvalue weighted by molar-refractivity contribution is 5.98. The maximum Gasteiger partial charge on any atom is 0.323 e. The van der Waals surface area contributed by atoms with Gasteiger partial charge in [0.1, 0.15) is 6.04 Å². The van der Waals surface area contributed by atoms with E-state index in [0.717, 1.165) is 38.8 Å². The zero-order chi connectivity index (χ0) is 19.1. The number of ether oxygens (including phenoxy) is 1. The van der Waals surface area contributed by atoms with Gasteiger partial charge in [-0.1, -0.05) is 31.1 Å². The van der Waals surface area contributed by atoms with Crippen LogP contribution in [0.25, 0.3) is 16.5 Å². The van der Waals surface area contributed by atoms with Gasteiger partial charge in [-0.05, 0) is 55.6 Å². The first-order valence-electron chi connectivity index (χ1n) is 10.6. The van der Waals surface area contributed by atoms with Crippen molar-refractivity contribution in [2.75, 3.05) is 26.7 Å². The van der Waals surface area contributed by atoms with Gasteiger partial charge in [-0.3, -0.25) is 9.69 Å². The predicted octanol–water partition coefficient (Wildman–Crippen LogP) is 3.11. The molecule has 1 saturated heterocycles. The number of aromatic nitrogens is 1. The minimum absolute atomic E-state index is 0.0799. The van der Waals surface area contributed by atoms with Crippen LogP contribution in [-0.4, -0.2) is 54.7 Å². The Morgan fingerprint density at radius 3 is 3.14 bits per heavy atom. The SMILES string of the molecule is CN1C[C@H](COC(=O)[C@H]2CCCCCN2)C=C2c3cccc4[nH]cc(c34)C[C@H]21. The van der Waals surface area contributed by atoms with E-state index in [1.54, 1.807) is 0 Å². The molecule has 1 aliphatic carbocycles. The Bertz CT molecular complexity index is 908. The second-order valence-corrected chi connectivity index (χ2v) is 8.57. The number of carbonyl (C=O) groups excluding carboxylic acids is 1. The Morgan fingerprint density at radius 1 is 1.29 bits per heavy atom. The lowest BCUT2D eigenvalue weighted by atomic mass is 9.80. The zero-order valence-corrected chi connectivity index (χ0v) is 16.5. The van der Waals surface area contributed by atoms with Crippen LogP contribution >= 0.6 is 0 Å². The van der Waals surface area contributed by atoms with Crippen molar-refractivity contribution in [3.63, 3.8) is 0 Å². The fraction of sp³-hybridized carbons (Fsp3) is 0.522. The monoisotopic (exact) mass is 379 g/mol. The lowest BCUT2D eigenvalue weighted by Crippen LogP contribution is -2.44. The summed E-state index contributed by atoms with van der Waals surface area (Å²) in [6, 6.07) is 6.78. The lowest BCUT2D eigenvalue weighted by molar-refractivity contribution is -0.147. The maximum absolute atomic E-state index is 12.5.